The van der Waals surface area contributed by atoms with E-state index in [-0.39, 0.29) is 24.3 Å². The van der Waals surface area contributed by atoms with Crippen LogP contribution in [0.15, 0.2) is 0 Å². The SMILES string of the molecule is CCOC(=O)C1CCN(C(C)C)CC1.Cl. The van der Waals surface area contributed by atoms with Gasteiger partial charge in [-0.25, -0.2) is 0 Å². The summed E-state index contributed by atoms with van der Waals surface area (Å²) in [6.45, 7) is 8.82. The van der Waals surface area contributed by atoms with Crippen LogP contribution in [-0.4, -0.2) is 36.6 Å². The summed E-state index contributed by atoms with van der Waals surface area (Å²) in [6, 6.07) is 0.596. The van der Waals surface area contributed by atoms with E-state index in [4.69, 9.17) is 4.74 Å². The maximum absolute atomic E-state index is 11.4. The zero-order chi connectivity index (χ0) is 10.6. The molecule has 0 aromatic rings. The number of carbonyl (C=O) groups excluding carboxylic acids is 1. The van der Waals surface area contributed by atoms with E-state index in [1.165, 1.54) is 0 Å². The molecule has 1 rings (SSSR count). The van der Waals surface area contributed by atoms with Gasteiger partial charge < -0.3 is 9.64 Å². The molecule has 0 spiro atoms. The van der Waals surface area contributed by atoms with Gasteiger partial charge in [-0.05, 0) is 46.7 Å². The zero-order valence-electron chi connectivity index (χ0n) is 9.86. The molecular formula is C11H22ClNO2. The van der Waals surface area contributed by atoms with E-state index in [0.29, 0.717) is 12.6 Å². The van der Waals surface area contributed by atoms with Gasteiger partial charge in [-0.3, -0.25) is 4.79 Å². The molecule has 1 saturated heterocycles. The van der Waals surface area contributed by atoms with E-state index in [9.17, 15) is 4.79 Å². The van der Waals surface area contributed by atoms with Crippen LogP contribution in [0.4, 0.5) is 0 Å². The number of hydrogen-bond donors (Lipinski definition) is 0. The fourth-order valence-electron chi connectivity index (χ4n) is 1.91. The second kappa shape index (κ2) is 7.07. The standard InChI is InChI=1S/C11H21NO2.ClH/c1-4-14-11(13)10-5-7-12(8-6-10)9(2)3;/h9-10H,4-8H2,1-3H3;1H. The number of carbonyl (C=O) groups is 1. The molecule has 0 saturated carbocycles. The number of rotatable bonds is 3. The molecule has 3 nitrogen and oxygen atoms in total. The molecule has 0 N–H and O–H groups in total. The number of esters is 1. The number of halogens is 1. The Morgan fingerprint density at radius 3 is 2.33 bits per heavy atom. The van der Waals surface area contributed by atoms with Gasteiger partial charge in [0.15, 0.2) is 0 Å². The summed E-state index contributed by atoms with van der Waals surface area (Å²) >= 11 is 0. The zero-order valence-corrected chi connectivity index (χ0v) is 10.7. The van der Waals surface area contributed by atoms with Crippen LogP contribution in [-0.2, 0) is 9.53 Å². The molecular weight excluding hydrogens is 214 g/mol. The van der Waals surface area contributed by atoms with Crippen LogP contribution in [0, 0.1) is 5.92 Å². The van der Waals surface area contributed by atoms with Gasteiger partial charge in [0.25, 0.3) is 0 Å². The minimum atomic E-state index is -0.00379. The van der Waals surface area contributed by atoms with Crippen molar-refractivity contribution in [2.45, 2.75) is 39.7 Å². The van der Waals surface area contributed by atoms with Gasteiger partial charge in [0.1, 0.15) is 0 Å². The Morgan fingerprint density at radius 2 is 1.93 bits per heavy atom. The predicted molar refractivity (Wildman–Crippen MR) is 63.3 cm³/mol. The molecule has 4 heteroatoms. The van der Waals surface area contributed by atoms with Gasteiger partial charge in [0.2, 0.25) is 0 Å². The van der Waals surface area contributed by atoms with Crippen LogP contribution in [0.3, 0.4) is 0 Å². The Hall–Kier alpha value is -0.280. The second-order valence-corrected chi connectivity index (χ2v) is 4.16. The maximum Gasteiger partial charge on any atom is 0.309 e. The summed E-state index contributed by atoms with van der Waals surface area (Å²) in [5, 5.41) is 0. The van der Waals surface area contributed by atoms with Crippen LogP contribution in [0.5, 0.6) is 0 Å². The lowest BCUT2D eigenvalue weighted by Crippen LogP contribution is -2.40. The summed E-state index contributed by atoms with van der Waals surface area (Å²) < 4.78 is 5.02. The first-order chi connectivity index (χ1) is 6.65. The van der Waals surface area contributed by atoms with Crippen molar-refractivity contribution in [3.05, 3.63) is 0 Å². The lowest BCUT2D eigenvalue weighted by atomic mass is 9.96. The molecule has 0 bridgehead atoms. The number of likely N-dealkylation sites (tertiary alicyclic amines) is 1. The average molecular weight is 236 g/mol. The fourth-order valence-corrected chi connectivity index (χ4v) is 1.91. The molecule has 0 aliphatic carbocycles. The Kier molecular flexibility index (Phi) is 6.94. The second-order valence-electron chi connectivity index (χ2n) is 4.16. The number of ether oxygens (including phenoxy) is 1. The highest BCUT2D eigenvalue weighted by molar-refractivity contribution is 5.85. The molecule has 0 aromatic carbocycles. The molecule has 0 unspecified atom stereocenters. The third kappa shape index (κ3) is 4.39. The third-order valence-corrected chi connectivity index (χ3v) is 2.88. The molecule has 0 atom stereocenters. The lowest BCUT2D eigenvalue weighted by Gasteiger charge is -2.33. The Bertz CT molecular complexity index is 189. The first-order valence-corrected chi connectivity index (χ1v) is 5.55. The third-order valence-electron chi connectivity index (χ3n) is 2.88. The highest BCUT2D eigenvalue weighted by Crippen LogP contribution is 2.19. The van der Waals surface area contributed by atoms with E-state index in [0.717, 1.165) is 25.9 Å². The average Bonchev–Trinajstić information content (AvgIpc) is 2.18. The van der Waals surface area contributed by atoms with Crippen molar-refractivity contribution in [2.75, 3.05) is 19.7 Å². The van der Waals surface area contributed by atoms with Crippen molar-refractivity contribution < 1.29 is 9.53 Å². The van der Waals surface area contributed by atoms with E-state index in [1.807, 2.05) is 6.92 Å². The van der Waals surface area contributed by atoms with Gasteiger partial charge in [-0.15, -0.1) is 12.4 Å². The van der Waals surface area contributed by atoms with E-state index in [2.05, 4.69) is 18.7 Å². The monoisotopic (exact) mass is 235 g/mol. The van der Waals surface area contributed by atoms with Gasteiger partial charge in [-0.1, -0.05) is 0 Å². The number of piperidine rings is 1. The van der Waals surface area contributed by atoms with Crippen LogP contribution in [0.25, 0.3) is 0 Å². The highest BCUT2D eigenvalue weighted by Gasteiger charge is 2.26. The van der Waals surface area contributed by atoms with Crippen LogP contribution in [0.1, 0.15) is 33.6 Å². The van der Waals surface area contributed by atoms with Gasteiger partial charge in [0, 0.05) is 6.04 Å². The van der Waals surface area contributed by atoms with E-state index >= 15 is 0 Å². The smallest absolute Gasteiger partial charge is 0.309 e. The largest absolute Gasteiger partial charge is 0.466 e. The van der Waals surface area contributed by atoms with Crippen molar-refractivity contribution >= 4 is 18.4 Å². The molecule has 1 aliphatic rings. The van der Waals surface area contributed by atoms with Gasteiger partial charge in [0.05, 0.1) is 12.5 Å². The lowest BCUT2D eigenvalue weighted by molar-refractivity contribution is -0.149. The number of hydrogen-bond acceptors (Lipinski definition) is 3. The molecule has 15 heavy (non-hydrogen) atoms. The van der Waals surface area contributed by atoms with Crippen LogP contribution < -0.4 is 0 Å². The predicted octanol–water partition coefficient (Wildman–Crippen LogP) is 2.09. The first-order valence-electron chi connectivity index (χ1n) is 5.55. The molecule has 1 fully saturated rings. The topological polar surface area (TPSA) is 29.5 Å². The summed E-state index contributed by atoms with van der Waals surface area (Å²) in [6.07, 6.45) is 1.91. The van der Waals surface area contributed by atoms with Crippen LogP contribution in [0.2, 0.25) is 0 Å². The first kappa shape index (κ1) is 14.7. The van der Waals surface area contributed by atoms with Gasteiger partial charge in [-0.2, -0.15) is 0 Å². The molecule has 90 valence electrons. The highest BCUT2D eigenvalue weighted by atomic mass is 35.5. The number of nitrogens with zero attached hydrogens (tertiary/aromatic N) is 1. The van der Waals surface area contributed by atoms with E-state index < -0.39 is 0 Å². The molecule has 0 aromatic heterocycles. The quantitative estimate of drug-likeness (QED) is 0.702. The summed E-state index contributed by atoms with van der Waals surface area (Å²) in [4.78, 5) is 13.8. The molecule has 0 radical (unpaired) electrons. The normalized spacial score (nSPS) is 18.7. The molecule has 0 amide bonds. The van der Waals surface area contributed by atoms with Crippen molar-refractivity contribution in [3.8, 4) is 0 Å². The van der Waals surface area contributed by atoms with Gasteiger partial charge >= 0.3 is 5.97 Å². The van der Waals surface area contributed by atoms with E-state index in [1.54, 1.807) is 0 Å². The van der Waals surface area contributed by atoms with Crippen molar-refractivity contribution in [3.63, 3.8) is 0 Å². The Balaban J connectivity index is 0.00000196. The maximum atomic E-state index is 11.4. The van der Waals surface area contributed by atoms with Crippen LogP contribution >= 0.6 is 12.4 Å². The summed E-state index contributed by atoms with van der Waals surface area (Å²) in [5.74, 6) is 0.140. The van der Waals surface area contributed by atoms with Crippen molar-refractivity contribution in [1.82, 2.24) is 4.90 Å². The summed E-state index contributed by atoms with van der Waals surface area (Å²) in [7, 11) is 0. The Labute approximate surface area is 98.6 Å². The summed E-state index contributed by atoms with van der Waals surface area (Å²) in [5.41, 5.74) is 0. The molecule has 1 aliphatic heterocycles. The fraction of sp³-hybridized carbons (Fsp3) is 0.909. The Morgan fingerprint density at radius 1 is 1.40 bits per heavy atom. The van der Waals surface area contributed by atoms with Crippen molar-refractivity contribution in [2.24, 2.45) is 5.92 Å². The van der Waals surface area contributed by atoms with Crippen molar-refractivity contribution in [1.29, 1.82) is 0 Å². The molecule has 1 heterocycles. The minimum absolute atomic E-state index is 0. The minimum Gasteiger partial charge on any atom is -0.466 e.